The van der Waals surface area contributed by atoms with Crippen LogP contribution in [0, 0.1) is 6.92 Å². The lowest BCUT2D eigenvalue weighted by Gasteiger charge is -2.20. The molecular formula is C22H22N2O3. The first-order valence-electron chi connectivity index (χ1n) is 9.03. The highest BCUT2D eigenvalue weighted by molar-refractivity contribution is 5.77. The Bertz CT molecular complexity index is 934. The van der Waals surface area contributed by atoms with Crippen molar-refractivity contribution in [3.63, 3.8) is 0 Å². The molecule has 0 aliphatic carbocycles. The largest absolute Gasteiger partial charge is 0.454 e. The summed E-state index contributed by atoms with van der Waals surface area (Å²) in [7, 11) is 0. The van der Waals surface area contributed by atoms with Gasteiger partial charge in [0.2, 0.25) is 12.7 Å². The van der Waals surface area contributed by atoms with Gasteiger partial charge in [0, 0.05) is 18.9 Å². The molecular weight excluding hydrogens is 340 g/mol. The number of carbonyl (C=O) groups is 1. The number of carbonyl (C=O) groups excluding carboxylic acids is 1. The Labute approximate surface area is 158 Å². The number of hydrogen-bond acceptors (Lipinski definition) is 3. The zero-order chi connectivity index (χ0) is 18.6. The molecule has 1 amide bonds. The fourth-order valence-electron chi connectivity index (χ4n) is 3.33. The third kappa shape index (κ3) is 3.97. The lowest BCUT2D eigenvalue weighted by Crippen LogP contribution is -2.26. The monoisotopic (exact) mass is 362 g/mol. The molecule has 5 nitrogen and oxygen atoms in total. The molecule has 0 fully saturated rings. The second-order valence-electron chi connectivity index (χ2n) is 6.73. The van der Waals surface area contributed by atoms with Crippen molar-refractivity contribution in [2.75, 3.05) is 6.79 Å². The molecule has 1 aliphatic heterocycles. The molecule has 0 radical (unpaired) electrons. The summed E-state index contributed by atoms with van der Waals surface area (Å²) in [6.45, 7) is 2.78. The van der Waals surface area contributed by atoms with Crippen LogP contribution >= 0.6 is 0 Å². The van der Waals surface area contributed by atoms with Crippen LogP contribution in [0.15, 0.2) is 67.0 Å². The minimum absolute atomic E-state index is 0.00729. The topological polar surface area (TPSA) is 52.5 Å². The van der Waals surface area contributed by atoms with Gasteiger partial charge in [-0.25, -0.2) is 0 Å². The zero-order valence-corrected chi connectivity index (χ0v) is 15.2. The first-order chi connectivity index (χ1) is 13.2. The molecule has 3 aromatic rings. The summed E-state index contributed by atoms with van der Waals surface area (Å²) in [6, 6.07) is 18.0. The molecule has 0 bridgehead atoms. The second kappa shape index (κ2) is 7.58. The number of nitrogens with one attached hydrogen (secondary N) is 1. The number of aromatic nitrogens is 1. The lowest BCUT2D eigenvalue weighted by molar-refractivity contribution is -0.121. The highest BCUT2D eigenvalue weighted by atomic mass is 16.7. The molecule has 0 saturated carbocycles. The lowest BCUT2D eigenvalue weighted by atomic mass is 10.0. The maximum Gasteiger partial charge on any atom is 0.231 e. The summed E-state index contributed by atoms with van der Waals surface area (Å²) in [5.41, 5.74) is 3.30. The Morgan fingerprint density at radius 1 is 1.07 bits per heavy atom. The summed E-state index contributed by atoms with van der Waals surface area (Å²) < 4.78 is 12.8. The van der Waals surface area contributed by atoms with Gasteiger partial charge in [0.1, 0.15) is 0 Å². The molecule has 2 heterocycles. The SMILES string of the molecule is Cc1cccc([C@H](CC(=O)NCc2ccc3c(c2)OCO3)n2cccc2)c1. The van der Waals surface area contributed by atoms with E-state index in [2.05, 4.69) is 35.0 Å². The predicted molar refractivity (Wildman–Crippen MR) is 103 cm³/mol. The highest BCUT2D eigenvalue weighted by Crippen LogP contribution is 2.32. The fraction of sp³-hybridized carbons (Fsp3) is 0.227. The average molecular weight is 362 g/mol. The number of nitrogens with zero attached hydrogens (tertiary/aromatic N) is 1. The van der Waals surface area contributed by atoms with Crippen molar-refractivity contribution in [2.24, 2.45) is 0 Å². The molecule has 4 rings (SSSR count). The summed E-state index contributed by atoms with van der Waals surface area (Å²) in [5, 5.41) is 3.02. The van der Waals surface area contributed by atoms with E-state index in [9.17, 15) is 4.79 Å². The van der Waals surface area contributed by atoms with Crippen LogP contribution < -0.4 is 14.8 Å². The number of rotatable bonds is 6. The first kappa shape index (κ1) is 17.2. The van der Waals surface area contributed by atoms with Crippen LogP contribution in [0.25, 0.3) is 0 Å². The van der Waals surface area contributed by atoms with Gasteiger partial charge in [-0.15, -0.1) is 0 Å². The third-order valence-electron chi connectivity index (χ3n) is 4.72. The van der Waals surface area contributed by atoms with Gasteiger partial charge in [-0.05, 0) is 42.3 Å². The van der Waals surface area contributed by atoms with Crippen molar-refractivity contribution < 1.29 is 14.3 Å². The van der Waals surface area contributed by atoms with E-state index in [1.807, 2.05) is 48.8 Å². The second-order valence-corrected chi connectivity index (χ2v) is 6.73. The van der Waals surface area contributed by atoms with Gasteiger partial charge in [-0.2, -0.15) is 0 Å². The predicted octanol–water partition coefficient (Wildman–Crippen LogP) is 3.82. The van der Waals surface area contributed by atoms with Crippen LogP contribution in [0.4, 0.5) is 0 Å². The van der Waals surface area contributed by atoms with Crippen molar-refractivity contribution >= 4 is 5.91 Å². The van der Waals surface area contributed by atoms with E-state index < -0.39 is 0 Å². The van der Waals surface area contributed by atoms with E-state index in [1.165, 1.54) is 5.56 Å². The smallest absolute Gasteiger partial charge is 0.231 e. The van der Waals surface area contributed by atoms with Gasteiger partial charge in [0.15, 0.2) is 11.5 Å². The van der Waals surface area contributed by atoms with Crippen LogP contribution in [0.1, 0.15) is 29.2 Å². The van der Waals surface area contributed by atoms with Gasteiger partial charge in [0.25, 0.3) is 0 Å². The molecule has 0 unspecified atom stereocenters. The highest BCUT2D eigenvalue weighted by Gasteiger charge is 2.18. The molecule has 27 heavy (non-hydrogen) atoms. The number of fused-ring (bicyclic) bond motifs is 1. The van der Waals surface area contributed by atoms with Gasteiger partial charge in [-0.3, -0.25) is 4.79 Å². The van der Waals surface area contributed by atoms with E-state index >= 15 is 0 Å². The summed E-state index contributed by atoms with van der Waals surface area (Å²) in [6.07, 6.45) is 4.37. The molecule has 1 N–H and O–H groups in total. The molecule has 1 aliphatic rings. The molecule has 138 valence electrons. The standard InChI is InChI=1S/C22H22N2O3/c1-16-5-4-6-18(11-16)19(24-9-2-3-10-24)13-22(25)23-14-17-7-8-20-21(12-17)27-15-26-20/h2-12,19H,13-15H2,1H3,(H,23,25)/t19-/m0/s1. The first-order valence-corrected chi connectivity index (χ1v) is 9.03. The van der Waals surface area contributed by atoms with Gasteiger partial charge < -0.3 is 19.4 Å². The normalized spacial score (nSPS) is 13.4. The van der Waals surface area contributed by atoms with E-state index in [4.69, 9.17) is 9.47 Å². The Balaban J connectivity index is 1.44. The van der Waals surface area contributed by atoms with Crippen molar-refractivity contribution in [3.05, 3.63) is 83.7 Å². The van der Waals surface area contributed by atoms with Crippen molar-refractivity contribution in [1.29, 1.82) is 0 Å². The molecule has 5 heteroatoms. The number of hydrogen-bond donors (Lipinski definition) is 1. The van der Waals surface area contributed by atoms with E-state index in [1.54, 1.807) is 0 Å². The Morgan fingerprint density at radius 3 is 2.70 bits per heavy atom. The minimum Gasteiger partial charge on any atom is -0.454 e. The van der Waals surface area contributed by atoms with Gasteiger partial charge >= 0.3 is 0 Å². The number of aryl methyl sites for hydroxylation is 1. The van der Waals surface area contributed by atoms with Crippen LogP contribution in [0.2, 0.25) is 0 Å². The Kier molecular flexibility index (Phi) is 4.83. The molecule has 1 atom stereocenters. The number of benzene rings is 2. The average Bonchev–Trinajstić information content (AvgIpc) is 3.35. The molecule has 0 spiro atoms. The number of amides is 1. The zero-order valence-electron chi connectivity index (χ0n) is 15.2. The Hall–Kier alpha value is -3.21. The minimum atomic E-state index is -0.0309. The molecule has 1 aromatic heterocycles. The van der Waals surface area contributed by atoms with Gasteiger partial charge in [0.05, 0.1) is 12.5 Å². The van der Waals surface area contributed by atoms with Crippen LogP contribution in [-0.4, -0.2) is 17.3 Å². The van der Waals surface area contributed by atoms with Crippen molar-refractivity contribution in [1.82, 2.24) is 9.88 Å². The molecule has 2 aromatic carbocycles. The summed E-state index contributed by atoms with van der Waals surface area (Å²) in [4.78, 5) is 12.6. The molecule has 0 saturated heterocycles. The van der Waals surface area contributed by atoms with E-state index in [0.717, 1.165) is 22.6 Å². The van der Waals surface area contributed by atoms with Crippen LogP contribution in [0.3, 0.4) is 0 Å². The van der Waals surface area contributed by atoms with Crippen molar-refractivity contribution in [2.45, 2.75) is 25.9 Å². The van der Waals surface area contributed by atoms with Crippen LogP contribution in [0.5, 0.6) is 11.5 Å². The summed E-state index contributed by atoms with van der Waals surface area (Å²) >= 11 is 0. The third-order valence-corrected chi connectivity index (χ3v) is 4.72. The number of ether oxygens (including phenoxy) is 2. The summed E-state index contributed by atoms with van der Waals surface area (Å²) in [5.74, 6) is 1.48. The van der Waals surface area contributed by atoms with E-state index in [-0.39, 0.29) is 18.7 Å². The maximum absolute atomic E-state index is 12.6. The van der Waals surface area contributed by atoms with Gasteiger partial charge in [-0.1, -0.05) is 35.9 Å². The van der Waals surface area contributed by atoms with E-state index in [0.29, 0.717) is 13.0 Å². The fourth-order valence-corrected chi connectivity index (χ4v) is 3.33. The Morgan fingerprint density at radius 2 is 1.89 bits per heavy atom. The van der Waals surface area contributed by atoms with Crippen LogP contribution in [-0.2, 0) is 11.3 Å². The quantitative estimate of drug-likeness (QED) is 0.725. The maximum atomic E-state index is 12.6. The van der Waals surface area contributed by atoms with Crippen molar-refractivity contribution in [3.8, 4) is 11.5 Å².